The van der Waals surface area contributed by atoms with Crippen molar-refractivity contribution in [1.29, 1.82) is 0 Å². The molecule has 0 bridgehead atoms. The van der Waals surface area contributed by atoms with Gasteiger partial charge in [0.2, 0.25) is 0 Å². The van der Waals surface area contributed by atoms with E-state index >= 15 is 0 Å². The number of likely N-dealkylation sites (N-methyl/N-ethyl adjacent to an activating group) is 1. The van der Waals surface area contributed by atoms with Gasteiger partial charge in [0.05, 0.1) is 0 Å². The van der Waals surface area contributed by atoms with Crippen LogP contribution in [0, 0.1) is 0 Å². The molecule has 0 radical (unpaired) electrons. The molecule has 0 atom stereocenters. The molecular weight excluding hydrogens is 210 g/mol. The molecule has 0 aromatic heterocycles. The van der Waals surface area contributed by atoms with Crippen LogP contribution in [0.3, 0.4) is 0 Å². The van der Waals surface area contributed by atoms with Gasteiger partial charge in [-0.3, -0.25) is 4.79 Å². The van der Waals surface area contributed by atoms with Crippen LogP contribution in [-0.2, 0) is 4.79 Å². The molecule has 0 saturated heterocycles. The molecule has 0 unspecified atom stereocenters. The van der Waals surface area contributed by atoms with Crippen molar-refractivity contribution in [2.45, 2.75) is 6.92 Å². The van der Waals surface area contributed by atoms with Gasteiger partial charge in [0.25, 0.3) is 5.91 Å². The van der Waals surface area contributed by atoms with E-state index in [-0.39, 0.29) is 5.91 Å². The van der Waals surface area contributed by atoms with Gasteiger partial charge in [0.15, 0.2) is 0 Å². The number of hydrogen-bond donors (Lipinski definition) is 0. The van der Waals surface area contributed by atoms with Crippen LogP contribution in [0.15, 0.2) is 54.6 Å². The van der Waals surface area contributed by atoms with Crippen LogP contribution < -0.4 is 4.90 Å². The topological polar surface area (TPSA) is 20.3 Å². The van der Waals surface area contributed by atoms with E-state index in [9.17, 15) is 4.79 Å². The number of carbonyl (C=O) groups is 1. The predicted octanol–water partition coefficient (Wildman–Crippen LogP) is 3.38. The zero-order valence-corrected chi connectivity index (χ0v) is 10.1. The van der Waals surface area contributed by atoms with E-state index in [0.717, 1.165) is 11.1 Å². The van der Waals surface area contributed by atoms with E-state index in [1.807, 2.05) is 36.4 Å². The number of carbonyl (C=O) groups excluding carboxylic acids is 1. The van der Waals surface area contributed by atoms with Gasteiger partial charge in [0, 0.05) is 18.3 Å². The van der Waals surface area contributed by atoms with Gasteiger partial charge in [-0.15, -0.1) is 0 Å². The number of benzene rings is 2. The minimum atomic E-state index is -0.0553. The number of fused-ring (bicyclic) bond motifs is 1. The quantitative estimate of drug-likeness (QED) is 0.717. The largest absolute Gasteiger partial charge is 0.312 e. The fourth-order valence-corrected chi connectivity index (χ4v) is 1.79. The summed E-state index contributed by atoms with van der Waals surface area (Å²) >= 11 is 0. The zero-order valence-electron chi connectivity index (χ0n) is 10.1. The van der Waals surface area contributed by atoms with Gasteiger partial charge in [-0.05, 0) is 29.8 Å². The van der Waals surface area contributed by atoms with E-state index in [1.54, 1.807) is 18.9 Å². The Labute approximate surface area is 101 Å². The molecule has 0 fully saturated rings. The molecule has 0 aliphatic rings. The van der Waals surface area contributed by atoms with Crippen molar-refractivity contribution >= 4 is 22.4 Å². The predicted molar refractivity (Wildman–Crippen MR) is 72.2 cm³/mol. The maximum absolute atomic E-state index is 11.8. The average Bonchev–Trinajstić information content (AvgIpc) is 2.36. The lowest BCUT2D eigenvalue weighted by atomic mass is 10.1. The lowest BCUT2D eigenvalue weighted by Crippen LogP contribution is -2.26. The van der Waals surface area contributed by atoms with Gasteiger partial charge < -0.3 is 4.90 Å². The fourth-order valence-electron chi connectivity index (χ4n) is 1.79. The maximum Gasteiger partial charge on any atom is 0.253 e. The summed E-state index contributed by atoms with van der Waals surface area (Å²) in [6.07, 6.45) is 0. The molecule has 2 aromatic rings. The third kappa shape index (κ3) is 2.21. The lowest BCUT2D eigenvalue weighted by molar-refractivity contribution is -0.114. The third-order valence-electron chi connectivity index (χ3n) is 2.79. The molecule has 2 heteroatoms. The van der Waals surface area contributed by atoms with Crippen molar-refractivity contribution in [3.8, 4) is 0 Å². The Morgan fingerprint density at radius 3 is 2.41 bits per heavy atom. The Balaban J connectivity index is 2.43. The molecule has 1 amide bonds. The molecule has 0 N–H and O–H groups in total. The van der Waals surface area contributed by atoms with Crippen LogP contribution >= 0.6 is 0 Å². The summed E-state index contributed by atoms with van der Waals surface area (Å²) < 4.78 is 0. The summed E-state index contributed by atoms with van der Waals surface area (Å²) in [6.45, 7) is 5.39. The summed E-state index contributed by atoms with van der Waals surface area (Å²) in [4.78, 5) is 13.4. The highest BCUT2D eigenvalue weighted by molar-refractivity contribution is 6.05. The Kier molecular flexibility index (Phi) is 2.96. The number of rotatable bonds is 2. The van der Waals surface area contributed by atoms with Crippen LogP contribution in [0.2, 0.25) is 0 Å². The van der Waals surface area contributed by atoms with E-state index in [2.05, 4.69) is 12.6 Å². The normalized spacial score (nSPS) is 10.2. The highest BCUT2D eigenvalue weighted by atomic mass is 16.2. The van der Waals surface area contributed by atoms with Crippen LogP contribution in [0.5, 0.6) is 0 Å². The molecule has 86 valence electrons. The van der Waals surface area contributed by atoms with Crippen LogP contribution in [0.4, 0.5) is 5.69 Å². The van der Waals surface area contributed by atoms with Crippen LogP contribution in [0.25, 0.3) is 10.8 Å². The lowest BCUT2D eigenvalue weighted by Gasteiger charge is -2.17. The summed E-state index contributed by atoms with van der Waals surface area (Å²) in [7, 11) is 1.76. The first kappa shape index (κ1) is 11.4. The van der Waals surface area contributed by atoms with Crippen LogP contribution in [-0.4, -0.2) is 13.0 Å². The smallest absolute Gasteiger partial charge is 0.253 e. The molecule has 0 heterocycles. The highest BCUT2D eigenvalue weighted by Crippen LogP contribution is 2.22. The van der Waals surface area contributed by atoms with Gasteiger partial charge in [-0.25, -0.2) is 0 Å². The van der Waals surface area contributed by atoms with Gasteiger partial charge in [-0.1, -0.05) is 36.9 Å². The van der Waals surface area contributed by atoms with E-state index < -0.39 is 0 Å². The van der Waals surface area contributed by atoms with Gasteiger partial charge >= 0.3 is 0 Å². The molecule has 0 aliphatic heterocycles. The van der Waals surface area contributed by atoms with Crippen molar-refractivity contribution in [3.63, 3.8) is 0 Å². The molecule has 17 heavy (non-hydrogen) atoms. The fraction of sp³-hybridized carbons (Fsp3) is 0.133. The maximum atomic E-state index is 11.8. The second kappa shape index (κ2) is 4.42. The van der Waals surface area contributed by atoms with E-state index in [1.165, 1.54) is 5.39 Å². The van der Waals surface area contributed by atoms with Crippen LogP contribution in [0.1, 0.15) is 6.92 Å². The van der Waals surface area contributed by atoms with Crippen molar-refractivity contribution in [2.24, 2.45) is 0 Å². The second-order valence-electron chi connectivity index (χ2n) is 4.18. The Morgan fingerprint density at radius 1 is 1.12 bits per heavy atom. The molecule has 2 nitrogen and oxygen atoms in total. The molecule has 0 saturated carbocycles. The van der Waals surface area contributed by atoms with Crippen molar-refractivity contribution in [2.75, 3.05) is 11.9 Å². The Morgan fingerprint density at radius 2 is 1.76 bits per heavy atom. The summed E-state index contributed by atoms with van der Waals surface area (Å²) in [5.41, 5.74) is 1.43. The zero-order chi connectivity index (χ0) is 12.4. The average molecular weight is 225 g/mol. The first-order valence-corrected chi connectivity index (χ1v) is 5.52. The Bertz CT molecular complexity index is 586. The summed E-state index contributed by atoms with van der Waals surface area (Å²) in [6, 6.07) is 14.1. The van der Waals surface area contributed by atoms with Crippen molar-refractivity contribution < 1.29 is 4.79 Å². The molecule has 0 spiro atoms. The van der Waals surface area contributed by atoms with Gasteiger partial charge in [-0.2, -0.15) is 0 Å². The summed E-state index contributed by atoms with van der Waals surface area (Å²) in [5, 5.41) is 2.30. The SMILES string of the molecule is C=C(C)C(=O)N(C)c1ccc2ccccc2c1. The number of hydrogen-bond acceptors (Lipinski definition) is 1. The molecule has 2 aromatic carbocycles. The number of nitrogens with zero attached hydrogens (tertiary/aromatic N) is 1. The standard InChI is InChI=1S/C15H15NO/c1-11(2)15(17)16(3)14-9-8-12-6-4-5-7-13(12)10-14/h4-10H,1H2,2-3H3. The molecular formula is C15H15NO. The Hall–Kier alpha value is -2.09. The minimum absolute atomic E-state index is 0.0553. The second-order valence-corrected chi connectivity index (χ2v) is 4.18. The van der Waals surface area contributed by atoms with Crippen molar-refractivity contribution in [3.05, 3.63) is 54.6 Å². The summed E-state index contributed by atoms with van der Waals surface area (Å²) in [5.74, 6) is -0.0553. The monoisotopic (exact) mass is 225 g/mol. The molecule has 2 rings (SSSR count). The number of anilines is 1. The molecule has 0 aliphatic carbocycles. The van der Waals surface area contributed by atoms with E-state index in [0.29, 0.717) is 5.57 Å². The number of amides is 1. The first-order chi connectivity index (χ1) is 8.09. The van der Waals surface area contributed by atoms with Crippen molar-refractivity contribution in [1.82, 2.24) is 0 Å². The highest BCUT2D eigenvalue weighted by Gasteiger charge is 2.11. The van der Waals surface area contributed by atoms with Gasteiger partial charge in [0.1, 0.15) is 0 Å². The van der Waals surface area contributed by atoms with E-state index in [4.69, 9.17) is 0 Å². The first-order valence-electron chi connectivity index (χ1n) is 5.52. The third-order valence-corrected chi connectivity index (χ3v) is 2.79. The minimum Gasteiger partial charge on any atom is -0.312 e.